The van der Waals surface area contributed by atoms with E-state index in [1.807, 2.05) is 0 Å². The van der Waals surface area contributed by atoms with Crippen LogP contribution in [-0.4, -0.2) is 41.6 Å². The fourth-order valence-electron chi connectivity index (χ4n) is 1.88. The molecule has 1 fully saturated rings. The van der Waals surface area contributed by atoms with Crippen molar-refractivity contribution in [1.29, 1.82) is 0 Å². The highest BCUT2D eigenvalue weighted by molar-refractivity contribution is 5.82. The lowest BCUT2D eigenvalue weighted by molar-refractivity contribution is -0.187. The monoisotopic (exact) mass is 281 g/mol. The molecule has 0 aromatic carbocycles. The van der Waals surface area contributed by atoms with E-state index in [1.165, 1.54) is 0 Å². The summed E-state index contributed by atoms with van der Waals surface area (Å²) in [6.07, 6.45) is -4.44. The van der Waals surface area contributed by atoms with Crippen LogP contribution in [0.25, 0.3) is 0 Å². The van der Waals surface area contributed by atoms with Crippen LogP contribution in [0, 0.1) is 5.92 Å². The Morgan fingerprint density at radius 1 is 1.11 bits per heavy atom. The van der Waals surface area contributed by atoms with Crippen molar-refractivity contribution in [2.45, 2.75) is 45.4 Å². The van der Waals surface area contributed by atoms with Crippen LogP contribution in [0.4, 0.5) is 13.2 Å². The van der Waals surface area contributed by atoms with E-state index in [0.717, 1.165) is 4.90 Å². The van der Waals surface area contributed by atoms with E-state index >= 15 is 0 Å². The molecule has 0 aliphatic carbocycles. The number of amides is 1. The lowest BCUT2D eigenvalue weighted by atomic mass is 9.96. The first-order valence-corrected chi connectivity index (χ1v) is 6.09. The summed E-state index contributed by atoms with van der Waals surface area (Å²) in [4.78, 5) is 23.5. The Morgan fingerprint density at radius 2 is 1.58 bits per heavy atom. The van der Waals surface area contributed by atoms with Gasteiger partial charge < -0.3 is 9.64 Å². The van der Waals surface area contributed by atoms with Crippen molar-refractivity contribution in [2.24, 2.45) is 5.92 Å². The lowest BCUT2D eigenvalue weighted by Crippen LogP contribution is -2.46. The summed E-state index contributed by atoms with van der Waals surface area (Å²) in [5.74, 6) is -2.68. The standard InChI is InChI=1S/C12H18F3NO3/c1-11(2,3)19-9(17)8-4-6-16(7-5-8)10(18)12(13,14)15/h8H,4-7H2,1-3H3. The number of hydrogen-bond donors (Lipinski definition) is 0. The molecular formula is C12H18F3NO3. The summed E-state index contributed by atoms with van der Waals surface area (Å²) in [6.45, 7) is 5.05. The van der Waals surface area contributed by atoms with E-state index in [0.29, 0.717) is 0 Å². The first-order chi connectivity index (χ1) is 8.50. The number of esters is 1. The van der Waals surface area contributed by atoms with Crippen LogP contribution in [0.2, 0.25) is 0 Å². The van der Waals surface area contributed by atoms with Gasteiger partial charge in [0.05, 0.1) is 5.92 Å². The molecule has 0 spiro atoms. The Hall–Kier alpha value is -1.27. The van der Waals surface area contributed by atoms with Gasteiger partial charge in [-0.25, -0.2) is 0 Å². The largest absolute Gasteiger partial charge is 0.471 e. The van der Waals surface area contributed by atoms with E-state index in [9.17, 15) is 22.8 Å². The molecule has 0 N–H and O–H groups in total. The Morgan fingerprint density at radius 3 is 1.95 bits per heavy atom. The van der Waals surface area contributed by atoms with Crippen LogP contribution >= 0.6 is 0 Å². The van der Waals surface area contributed by atoms with Gasteiger partial charge in [0.2, 0.25) is 0 Å². The molecule has 1 saturated heterocycles. The van der Waals surface area contributed by atoms with E-state index < -0.39 is 29.6 Å². The molecule has 0 unspecified atom stereocenters. The normalized spacial score (nSPS) is 18.3. The Bertz CT molecular complexity index is 352. The van der Waals surface area contributed by atoms with Gasteiger partial charge in [-0.2, -0.15) is 13.2 Å². The lowest BCUT2D eigenvalue weighted by Gasteiger charge is -2.32. The number of piperidine rings is 1. The van der Waals surface area contributed by atoms with Gasteiger partial charge in [-0.1, -0.05) is 0 Å². The number of hydrogen-bond acceptors (Lipinski definition) is 3. The van der Waals surface area contributed by atoms with Gasteiger partial charge in [0.25, 0.3) is 0 Å². The highest BCUT2D eigenvalue weighted by atomic mass is 19.4. The summed E-state index contributed by atoms with van der Waals surface area (Å²) in [5.41, 5.74) is -0.615. The zero-order valence-corrected chi connectivity index (χ0v) is 11.2. The molecule has 4 nitrogen and oxygen atoms in total. The summed E-state index contributed by atoms with van der Waals surface area (Å²) < 4.78 is 41.9. The van der Waals surface area contributed by atoms with Gasteiger partial charge in [-0.15, -0.1) is 0 Å². The molecule has 19 heavy (non-hydrogen) atoms. The molecule has 1 heterocycles. The second kappa shape index (κ2) is 5.38. The topological polar surface area (TPSA) is 46.6 Å². The predicted octanol–water partition coefficient (Wildman–Crippen LogP) is 2.13. The maximum absolute atomic E-state index is 12.2. The highest BCUT2D eigenvalue weighted by Gasteiger charge is 2.44. The van der Waals surface area contributed by atoms with Crippen molar-refractivity contribution >= 4 is 11.9 Å². The van der Waals surface area contributed by atoms with E-state index in [4.69, 9.17) is 4.74 Å². The smallest absolute Gasteiger partial charge is 0.460 e. The molecule has 0 bridgehead atoms. The molecule has 1 aliphatic heterocycles. The fraction of sp³-hybridized carbons (Fsp3) is 0.833. The van der Waals surface area contributed by atoms with Crippen LogP contribution in [0.1, 0.15) is 33.6 Å². The molecule has 7 heteroatoms. The Balaban J connectivity index is 2.50. The number of ether oxygens (including phenoxy) is 1. The van der Waals surface area contributed by atoms with Crippen LogP contribution in [-0.2, 0) is 14.3 Å². The average Bonchev–Trinajstić information content (AvgIpc) is 2.24. The molecule has 0 aromatic rings. The van der Waals surface area contributed by atoms with Gasteiger partial charge in [0, 0.05) is 13.1 Å². The summed E-state index contributed by atoms with van der Waals surface area (Å²) in [7, 11) is 0. The van der Waals surface area contributed by atoms with E-state index in [2.05, 4.69) is 0 Å². The second-order valence-corrected chi connectivity index (χ2v) is 5.60. The number of nitrogens with zero attached hydrogens (tertiary/aromatic N) is 1. The third-order valence-corrected chi connectivity index (χ3v) is 2.76. The number of alkyl halides is 3. The van der Waals surface area contributed by atoms with Crippen molar-refractivity contribution in [2.75, 3.05) is 13.1 Å². The van der Waals surface area contributed by atoms with Crippen molar-refractivity contribution < 1.29 is 27.5 Å². The molecule has 0 radical (unpaired) electrons. The molecule has 0 aromatic heterocycles. The average molecular weight is 281 g/mol. The first kappa shape index (κ1) is 15.8. The van der Waals surface area contributed by atoms with Crippen molar-refractivity contribution in [3.63, 3.8) is 0 Å². The van der Waals surface area contributed by atoms with E-state index in [1.54, 1.807) is 20.8 Å². The minimum Gasteiger partial charge on any atom is -0.460 e. The molecular weight excluding hydrogens is 263 g/mol. The maximum Gasteiger partial charge on any atom is 0.471 e. The van der Waals surface area contributed by atoms with Crippen LogP contribution < -0.4 is 0 Å². The minimum absolute atomic E-state index is 0.0672. The molecule has 1 rings (SSSR count). The third-order valence-electron chi connectivity index (χ3n) is 2.76. The summed E-state index contributed by atoms with van der Waals surface area (Å²) in [6, 6.07) is 0. The number of carbonyl (C=O) groups excluding carboxylic acids is 2. The van der Waals surface area contributed by atoms with Crippen LogP contribution in [0.5, 0.6) is 0 Å². The van der Waals surface area contributed by atoms with Gasteiger partial charge in [0.15, 0.2) is 0 Å². The number of halogens is 3. The summed E-state index contributed by atoms with van der Waals surface area (Å²) >= 11 is 0. The molecule has 0 atom stereocenters. The third kappa shape index (κ3) is 4.72. The van der Waals surface area contributed by atoms with E-state index in [-0.39, 0.29) is 25.9 Å². The number of likely N-dealkylation sites (tertiary alicyclic amines) is 1. The van der Waals surface area contributed by atoms with Gasteiger partial charge in [-0.3, -0.25) is 9.59 Å². The van der Waals surface area contributed by atoms with Crippen molar-refractivity contribution in [3.8, 4) is 0 Å². The molecule has 1 aliphatic rings. The van der Waals surface area contributed by atoms with Crippen LogP contribution in [0.3, 0.4) is 0 Å². The van der Waals surface area contributed by atoms with Gasteiger partial charge in [0.1, 0.15) is 5.60 Å². The number of carbonyl (C=O) groups is 2. The van der Waals surface area contributed by atoms with Crippen molar-refractivity contribution in [3.05, 3.63) is 0 Å². The predicted molar refractivity (Wildman–Crippen MR) is 61.2 cm³/mol. The quantitative estimate of drug-likeness (QED) is 0.692. The zero-order valence-electron chi connectivity index (χ0n) is 11.2. The zero-order chi connectivity index (χ0) is 14.8. The SMILES string of the molecule is CC(C)(C)OC(=O)C1CCN(C(=O)C(F)(F)F)CC1. The molecule has 1 amide bonds. The summed E-state index contributed by atoms with van der Waals surface area (Å²) in [5, 5.41) is 0. The first-order valence-electron chi connectivity index (χ1n) is 6.09. The molecule has 110 valence electrons. The van der Waals surface area contributed by atoms with Gasteiger partial charge in [-0.05, 0) is 33.6 Å². The molecule has 0 saturated carbocycles. The fourth-order valence-corrected chi connectivity index (χ4v) is 1.88. The Kier molecular flexibility index (Phi) is 4.47. The minimum atomic E-state index is -4.85. The van der Waals surface area contributed by atoms with Gasteiger partial charge >= 0.3 is 18.1 Å². The van der Waals surface area contributed by atoms with Crippen molar-refractivity contribution in [1.82, 2.24) is 4.90 Å². The second-order valence-electron chi connectivity index (χ2n) is 5.60. The van der Waals surface area contributed by atoms with Crippen LogP contribution in [0.15, 0.2) is 0 Å². The number of rotatable bonds is 1. The maximum atomic E-state index is 12.2. The highest BCUT2D eigenvalue weighted by Crippen LogP contribution is 2.25. The Labute approximate surface area is 109 Å².